The van der Waals surface area contributed by atoms with Crippen molar-refractivity contribution in [3.05, 3.63) is 83.7 Å². The molecule has 0 radical (unpaired) electrons. The Morgan fingerprint density at radius 2 is 1.78 bits per heavy atom. The summed E-state index contributed by atoms with van der Waals surface area (Å²) in [6.07, 6.45) is 3.25. The van der Waals surface area contributed by atoms with Gasteiger partial charge in [0.1, 0.15) is 5.75 Å². The zero-order valence-electron chi connectivity index (χ0n) is 14.8. The van der Waals surface area contributed by atoms with Gasteiger partial charge in [0.15, 0.2) is 0 Å². The van der Waals surface area contributed by atoms with Crippen LogP contribution in [0, 0.1) is 6.92 Å². The Balaban J connectivity index is 1.69. The quantitative estimate of drug-likeness (QED) is 0.648. The van der Waals surface area contributed by atoms with E-state index in [2.05, 4.69) is 15.6 Å². The molecule has 0 aliphatic carbocycles. The largest absolute Gasteiger partial charge is 0.508 e. The molecular weight excluding hydrogens is 342 g/mol. The molecule has 1 heterocycles. The van der Waals surface area contributed by atoms with Gasteiger partial charge in [-0.1, -0.05) is 18.2 Å². The molecule has 27 heavy (non-hydrogen) atoms. The van der Waals surface area contributed by atoms with Crippen LogP contribution in [0.3, 0.4) is 0 Å². The van der Waals surface area contributed by atoms with Crippen LogP contribution in [-0.2, 0) is 11.2 Å². The lowest BCUT2D eigenvalue weighted by atomic mass is 10.1. The number of carbonyl (C=O) groups is 2. The minimum absolute atomic E-state index is 0.122. The summed E-state index contributed by atoms with van der Waals surface area (Å²) >= 11 is 0. The van der Waals surface area contributed by atoms with Gasteiger partial charge in [-0.05, 0) is 54.4 Å². The van der Waals surface area contributed by atoms with Gasteiger partial charge in [0.05, 0.1) is 6.42 Å². The number of aryl methyl sites for hydroxylation is 1. The number of pyridine rings is 1. The van der Waals surface area contributed by atoms with Crippen LogP contribution in [0.25, 0.3) is 0 Å². The van der Waals surface area contributed by atoms with Gasteiger partial charge < -0.3 is 15.7 Å². The normalized spacial score (nSPS) is 10.3. The van der Waals surface area contributed by atoms with Crippen molar-refractivity contribution in [2.75, 3.05) is 10.6 Å². The number of carbonyl (C=O) groups excluding carboxylic acids is 2. The Morgan fingerprint density at radius 3 is 2.52 bits per heavy atom. The maximum absolute atomic E-state index is 12.3. The van der Waals surface area contributed by atoms with Gasteiger partial charge in [0, 0.05) is 29.3 Å². The molecule has 0 saturated heterocycles. The van der Waals surface area contributed by atoms with E-state index < -0.39 is 0 Å². The Kier molecular flexibility index (Phi) is 5.47. The number of nitrogens with one attached hydrogen (secondary N) is 2. The molecule has 6 nitrogen and oxygen atoms in total. The maximum Gasteiger partial charge on any atom is 0.255 e. The molecule has 0 unspecified atom stereocenters. The second-order valence-electron chi connectivity index (χ2n) is 6.11. The molecule has 3 rings (SSSR count). The van der Waals surface area contributed by atoms with Crippen LogP contribution in [0.4, 0.5) is 11.4 Å². The summed E-state index contributed by atoms with van der Waals surface area (Å²) in [5, 5.41) is 15.1. The predicted molar refractivity (Wildman–Crippen MR) is 104 cm³/mol. The van der Waals surface area contributed by atoms with Crippen LogP contribution in [0.15, 0.2) is 67.0 Å². The van der Waals surface area contributed by atoms with Crippen molar-refractivity contribution in [3.8, 4) is 5.75 Å². The summed E-state index contributed by atoms with van der Waals surface area (Å²) in [5.41, 5.74) is 3.29. The third kappa shape index (κ3) is 4.92. The van der Waals surface area contributed by atoms with Crippen molar-refractivity contribution in [2.45, 2.75) is 13.3 Å². The summed E-state index contributed by atoms with van der Waals surface area (Å²) in [6.45, 7) is 1.88. The van der Waals surface area contributed by atoms with Crippen LogP contribution in [0.1, 0.15) is 21.5 Å². The first-order valence-corrected chi connectivity index (χ1v) is 8.41. The van der Waals surface area contributed by atoms with E-state index in [4.69, 9.17) is 0 Å². The van der Waals surface area contributed by atoms with E-state index in [1.807, 2.05) is 13.0 Å². The molecule has 2 amide bonds. The van der Waals surface area contributed by atoms with Crippen LogP contribution in [0.5, 0.6) is 5.75 Å². The van der Waals surface area contributed by atoms with Crippen molar-refractivity contribution >= 4 is 23.2 Å². The zero-order chi connectivity index (χ0) is 19.2. The van der Waals surface area contributed by atoms with Crippen LogP contribution >= 0.6 is 0 Å². The first-order valence-electron chi connectivity index (χ1n) is 8.41. The molecule has 0 fully saturated rings. The molecular formula is C21H19N3O3. The molecule has 0 aliphatic rings. The van der Waals surface area contributed by atoms with Gasteiger partial charge in [-0.2, -0.15) is 0 Å². The lowest BCUT2D eigenvalue weighted by Crippen LogP contribution is -2.16. The van der Waals surface area contributed by atoms with Crippen molar-refractivity contribution in [1.29, 1.82) is 0 Å². The molecule has 3 N–H and O–H groups in total. The Morgan fingerprint density at radius 1 is 1.00 bits per heavy atom. The Labute approximate surface area is 156 Å². The standard InChI is InChI=1S/C21H19N3O3/c1-14-5-6-17(23-20(26)12-15-3-2-4-18(25)11-15)13-19(14)24-21(27)16-7-9-22-10-8-16/h2-11,13,25H,12H2,1H3,(H,23,26)(H,24,27). The van der Waals surface area contributed by atoms with Crippen molar-refractivity contribution < 1.29 is 14.7 Å². The Hall–Kier alpha value is -3.67. The van der Waals surface area contributed by atoms with Gasteiger partial charge in [-0.3, -0.25) is 14.6 Å². The topological polar surface area (TPSA) is 91.3 Å². The predicted octanol–water partition coefficient (Wildman–Crippen LogP) is 3.53. The summed E-state index contributed by atoms with van der Waals surface area (Å²) in [6, 6.07) is 15.1. The highest BCUT2D eigenvalue weighted by Crippen LogP contribution is 2.21. The number of phenolic OH excluding ortho intramolecular Hbond substituents is 1. The molecule has 0 spiro atoms. The Bertz CT molecular complexity index is 971. The molecule has 2 aromatic carbocycles. The second-order valence-corrected chi connectivity index (χ2v) is 6.11. The van der Waals surface area contributed by atoms with E-state index in [0.29, 0.717) is 22.5 Å². The van der Waals surface area contributed by atoms with E-state index in [9.17, 15) is 14.7 Å². The average Bonchev–Trinajstić information content (AvgIpc) is 2.65. The van der Waals surface area contributed by atoms with E-state index in [0.717, 1.165) is 5.56 Å². The molecule has 0 aliphatic heterocycles. The third-order valence-corrected chi connectivity index (χ3v) is 3.99. The van der Waals surface area contributed by atoms with E-state index in [1.54, 1.807) is 60.9 Å². The fourth-order valence-corrected chi connectivity index (χ4v) is 2.59. The van der Waals surface area contributed by atoms with Crippen molar-refractivity contribution in [1.82, 2.24) is 4.98 Å². The minimum atomic E-state index is -0.247. The summed E-state index contributed by atoms with van der Waals surface area (Å²) < 4.78 is 0. The van der Waals surface area contributed by atoms with Crippen molar-refractivity contribution in [3.63, 3.8) is 0 Å². The van der Waals surface area contributed by atoms with E-state index >= 15 is 0 Å². The summed E-state index contributed by atoms with van der Waals surface area (Å²) in [5.74, 6) is -0.337. The number of amides is 2. The number of hydrogen-bond donors (Lipinski definition) is 3. The maximum atomic E-state index is 12.3. The number of phenols is 1. The van der Waals surface area contributed by atoms with Crippen molar-refractivity contribution in [2.24, 2.45) is 0 Å². The molecule has 1 aromatic heterocycles. The van der Waals surface area contributed by atoms with E-state index in [-0.39, 0.29) is 24.0 Å². The summed E-state index contributed by atoms with van der Waals surface area (Å²) in [4.78, 5) is 28.5. The monoisotopic (exact) mass is 361 g/mol. The highest BCUT2D eigenvalue weighted by Gasteiger charge is 2.10. The van der Waals surface area contributed by atoms with Crippen LogP contribution in [0.2, 0.25) is 0 Å². The second kappa shape index (κ2) is 8.14. The molecule has 6 heteroatoms. The fourth-order valence-electron chi connectivity index (χ4n) is 2.59. The fraction of sp³-hybridized carbons (Fsp3) is 0.0952. The number of benzene rings is 2. The van der Waals surface area contributed by atoms with Crippen LogP contribution < -0.4 is 10.6 Å². The van der Waals surface area contributed by atoms with Crippen LogP contribution in [-0.4, -0.2) is 21.9 Å². The molecule has 0 saturated carbocycles. The smallest absolute Gasteiger partial charge is 0.255 e. The number of aromatic nitrogens is 1. The highest BCUT2D eigenvalue weighted by molar-refractivity contribution is 6.05. The summed E-state index contributed by atoms with van der Waals surface area (Å²) in [7, 11) is 0. The van der Waals surface area contributed by atoms with Gasteiger partial charge in [0.2, 0.25) is 5.91 Å². The van der Waals surface area contributed by atoms with E-state index in [1.165, 1.54) is 0 Å². The van der Waals surface area contributed by atoms with Gasteiger partial charge in [-0.15, -0.1) is 0 Å². The minimum Gasteiger partial charge on any atom is -0.508 e. The number of nitrogens with zero attached hydrogens (tertiary/aromatic N) is 1. The lowest BCUT2D eigenvalue weighted by molar-refractivity contribution is -0.115. The highest BCUT2D eigenvalue weighted by atomic mass is 16.3. The zero-order valence-corrected chi connectivity index (χ0v) is 14.8. The lowest BCUT2D eigenvalue weighted by Gasteiger charge is -2.12. The first kappa shape index (κ1) is 18.1. The van der Waals surface area contributed by atoms with Gasteiger partial charge in [-0.25, -0.2) is 0 Å². The number of anilines is 2. The molecule has 0 atom stereocenters. The number of rotatable bonds is 5. The molecule has 0 bridgehead atoms. The average molecular weight is 361 g/mol. The number of hydrogen-bond acceptors (Lipinski definition) is 4. The number of aromatic hydroxyl groups is 1. The molecule has 3 aromatic rings. The SMILES string of the molecule is Cc1ccc(NC(=O)Cc2cccc(O)c2)cc1NC(=O)c1ccncc1. The first-order chi connectivity index (χ1) is 13.0. The molecule has 136 valence electrons. The van der Waals surface area contributed by atoms with Gasteiger partial charge >= 0.3 is 0 Å². The third-order valence-electron chi connectivity index (χ3n) is 3.99. The van der Waals surface area contributed by atoms with Gasteiger partial charge in [0.25, 0.3) is 5.91 Å².